The number of imide groups is 1. The molecule has 1 aliphatic heterocycles. The van der Waals surface area contributed by atoms with E-state index in [-0.39, 0.29) is 11.1 Å². The third-order valence-corrected chi connectivity index (χ3v) is 4.98. The number of thioether (sulfide) groups is 1. The smallest absolute Gasteiger partial charge is 0.293 e. The van der Waals surface area contributed by atoms with E-state index >= 15 is 0 Å². The van der Waals surface area contributed by atoms with Crippen LogP contribution < -0.4 is 0 Å². The molecule has 0 saturated carbocycles. The van der Waals surface area contributed by atoms with Crippen LogP contribution in [0, 0.1) is 20.8 Å². The lowest BCUT2D eigenvalue weighted by atomic mass is 10.2. The van der Waals surface area contributed by atoms with Crippen LogP contribution >= 0.6 is 11.8 Å². The van der Waals surface area contributed by atoms with Crippen LogP contribution in [0.2, 0.25) is 0 Å². The first-order chi connectivity index (χ1) is 11.4. The molecule has 1 aliphatic rings. The van der Waals surface area contributed by atoms with E-state index in [1.165, 1.54) is 4.90 Å². The second-order valence-corrected chi connectivity index (χ2v) is 6.77. The fourth-order valence-corrected chi connectivity index (χ4v) is 3.74. The van der Waals surface area contributed by atoms with Gasteiger partial charge >= 0.3 is 0 Å². The number of pyridine rings is 1. The average molecular weight is 341 g/mol. The van der Waals surface area contributed by atoms with Gasteiger partial charge in [0.1, 0.15) is 5.82 Å². The summed E-state index contributed by atoms with van der Waals surface area (Å²) in [6, 6.07) is 5.99. The van der Waals surface area contributed by atoms with Gasteiger partial charge in [-0.25, -0.2) is 4.98 Å². The highest BCUT2D eigenvalue weighted by Crippen LogP contribution is 2.33. The number of hydrogen-bond donors (Lipinski definition) is 0. The molecule has 24 heavy (non-hydrogen) atoms. The minimum atomic E-state index is -0.217. The van der Waals surface area contributed by atoms with E-state index in [1.54, 1.807) is 19.2 Å². The molecule has 124 valence electrons. The molecule has 1 fully saturated rings. The first-order valence-corrected chi connectivity index (χ1v) is 8.61. The zero-order chi connectivity index (χ0) is 17.4. The molecule has 0 aromatic carbocycles. The second kappa shape index (κ2) is 6.28. The molecule has 0 spiro atoms. The van der Waals surface area contributed by atoms with Gasteiger partial charge in [0.15, 0.2) is 0 Å². The molecule has 1 saturated heterocycles. The number of nitrogens with zero attached hydrogens (tertiary/aromatic N) is 3. The van der Waals surface area contributed by atoms with Gasteiger partial charge in [0.25, 0.3) is 11.1 Å². The molecular weight excluding hydrogens is 322 g/mol. The molecule has 3 heterocycles. The van der Waals surface area contributed by atoms with Gasteiger partial charge in [-0.15, -0.1) is 0 Å². The maximum absolute atomic E-state index is 12.3. The number of aromatic nitrogens is 2. The summed E-state index contributed by atoms with van der Waals surface area (Å²) in [5.41, 5.74) is 4.09. The Morgan fingerprint density at radius 2 is 1.96 bits per heavy atom. The van der Waals surface area contributed by atoms with Crippen LogP contribution in [0.4, 0.5) is 4.79 Å². The highest BCUT2D eigenvalue weighted by atomic mass is 32.2. The number of aryl methyl sites for hydroxylation is 2. The second-order valence-electron chi connectivity index (χ2n) is 5.78. The third kappa shape index (κ3) is 2.78. The Hall–Kier alpha value is -2.34. The zero-order valence-corrected chi connectivity index (χ0v) is 15.0. The summed E-state index contributed by atoms with van der Waals surface area (Å²) in [6.45, 7) is 8.23. The number of likely N-dealkylation sites (N-methyl/N-ethyl adjacent to an activating group) is 1. The molecule has 2 aromatic rings. The van der Waals surface area contributed by atoms with E-state index in [0.29, 0.717) is 11.4 Å². The van der Waals surface area contributed by atoms with Crippen LogP contribution in [0.5, 0.6) is 0 Å². The molecule has 0 aliphatic carbocycles. The third-order valence-electron chi connectivity index (χ3n) is 4.08. The van der Waals surface area contributed by atoms with Gasteiger partial charge in [-0.2, -0.15) is 0 Å². The lowest BCUT2D eigenvalue weighted by molar-refractivity contribution is -0.122. The van der Waals surface area contributed by atoms with Crippen molar-refractivity contribution >= 4 is 29.0 Å². The Balaban J connectivity index is 2.03. The van der Waals surface area contributed by atoms with Gasteiger partial charge in [0.05, 0.1) is 4.91 Å². The lowest BCUT2D eigenvalue weighted by Crippen LogP contribution is -2.27. The van der Waals surface area contributed by atoms with Gasteiger partial charge < -0.3 is 4.57 Å². The normalized spacial score (nSPS) is 16.5. The number of carbonyl (C=O) groups is 2. The van der Waals surface area contributed by atoms with E-state index in [0.717, 1.165) is 40.1 Å². The fourth-order valence-electron chi connectivity index (χ4n) is 2.84. The van der Waals surface area contributed by atoms with Crippen LogP contribution in [-0.2, 0) is 4.79 Å². The summed E-state index contributed by atoms with van der Waals surface area (Å²) < 4.78 is 2.06. The molecule has 2 aromatic heterocycles. The number of carbonyl (C=O) groups excluding carboxylic acids is 2. The van der Waals surface area contributed by atoms with Gasteiger partial charge in [0, 0.05) is 24.1 Å². The summed E-state index contributed by atoms with van der Waals surface area (Å²) in [5.74, 6) is 0.636. The molecule has 0 unspecified atom stereocenters. The maximum Gasteiger partial charge on any atom is 0.293 e. The van der Waals surface area contributed by atoms with Gasteiger partial charge in [-0.1, -0.05) is 0 Å². The fraction of sp³-hybridized carbons (Fsp3) is 0.278. The molecule has 0 bridgehead atoms. The van der Waals surface area contributed by atoms with Crippen LogP contribution in [0.1, 0.15) is 29.4 Å². The molecule has 0 N–H and O–H groups in total. The molecule has 3 rings (SSSR count). The van der Waals surface area contributed by atoms with Crippen molar-refractivity contribution in [3.63, 3.8) is 0 Å². The Labute approximate surface area is 145 Å². The average Bonchev–Trinajstić information content (AvgIpc) is 2.95. The highest BCUT2D eigenvalue weighted by Gasteiger charge is 2.33. The number of rotatable bonds is 3. The Morgan fingerprint density at radius 3 is 2.58 bits per heavy atom. The van der Waals surface area contributed by atoms with Crippen molar-refractivity contribution in [1.82, 2.24) is 14.5 Å². The SMILES string of the molecule is CCN1C(=O)S/C(=C/c2cc(C)n(-c3cc(C)ccn3)c2C)C1=O. The van der Waals surface area contributed by atoms with Crippen molar-refractivity contribution in [2.24, 2.45) is 0 Å². The Morgan fingerprint density at radius 1 is 1.21 bits per heavy atom. The van der Waals surface area contributed by atoms with E-state index in [2.05, 4.69) is 9.55 Å². The van der Waals surface area contributed by atoms with Crippen molar-refractivity contribution in [1.29, 1.82) is 0 Å². The summed E-state index contributed by atoms with van der Waals surface area (Å²) in [7, 11) is 0. The lowest BCUT2D eigenvalue weighted by Gasteiger charge is -2.09. The highest BCUT2D eigenvalue weighted by molar-refractivity contribution is 8.18. The van der Waals surface area contributed by atoms with E-state index in [1.807, 2.05) is 39.0 Å². The van der Waals surface area contributed by atoms with E-state index in [9.17, 15) is 9.59 Å². The van der Waals surface area contributed by atoms with Crippen LogP contribution in [-0.4, -0.2) is 32.1 Å². The van der Waals surface area contributed by atoms with E-state index < -0.39 is 0 Å². The van der Waals surface area contributed by atoms with Crippen LogP contribution in [0.25, 0.3) is 11.9 Å². The number of hydrogen-bond acceptors (Lipinski definition) is 4. The van der Waals surface area contributed by atoms with Gasteiger partial charge in [-0.3, -0.25) is 14.5 Å². The quantitative estimate of drug-likeness (QED) is 0.796. The summed E-state index contributed by atoms with van der Waals surface area (Å²) in [6.07, 6.45) is 3.59. The molecular formula is C18H19N3O2S. The minimum absolute atomic E-state index is 0.206. The first kappa shape index (κ1) is 16.5. The topological polar surface area (TPSA) is 55.2 Å². The first-order valence-electron chi connectivity index (χ1n) is 7.79. The zero-order valence-electron chi connectivity index (χ0n) is 14.2. The Bertz CT molecular complexity index is 867. The van der Waals surface area contributed by atoms with Crippen molar-refractivity contribution in [2.45, 2.75) is 27.7 Å². The minimum Gasteiger partial charge on any atom is -0.303 e. The Kier molecular flexibility index (Phi) is 4.32. The predicted molar refractivity (Wildman–Crippen MR) is 96.1 cm³/mol. The summed E-state index contributed by atoms with van der Waals surface area (Å²) >= 11 is 0.997. The summed E-state index contributed by atoms with van der Waals surface area (Å²) in [4.78, 5) is 30.3. The molecule has 2 amide bonds. The van der Waals surface area contributed by atoms with Crippen molar-refractivity contribution in [3.05, 3.63) is 51.8 Å². The van der Waals surface area contributed by atoms with Crippen molar-refractivity contribution in [2.75, 3.05) is 6.54 Å². The summed E-state index contributed by atoms with van der Waals surface area (Å²) in [5, 5.41) is -0.206. The molecule has 6 heteroatoms. The maximum atomic E-state index is 12.3. The monoisotopic (exact) mass is 341 g/mol. The van der Waals surface area contributed by atoms with Crippen LogP contribution in [0.3, 0.4) is 0 Å². The van der Waals surface area contributed by atoms with E-state index in [4.69, 9.17) is 0 Å². The predicted octanol–water partition coefficient (Wildman–Crippen LogP) is 3.85. The number of amides is 2. The molecule has 0 atom stereocenters. The van der Waals surface area contributed by atoms with Gasteiger partial charge in [0.2, 0.25) is 0 Å². The van der Waals surface area contributed by atoms with Crippen molar-refractivity contribution in [3.8, 4) is 5.82 Å². The van der Waals surface area contributed by atoms with Crippen LogP contribution in [0.15, 0.2) is 29.3 Å². The van der Waals surface area contributed by atoms with Gasteiger partial charge in [-0.05, 0) is 74.9 Å². The standard InChI is InChI=1S/C18H19N3O2S/c1-5-20-17(22)15(24-18(20)23)10-14-9-12(3)21(13(14)4)16-8-11(2)6-7-19-16/h6-10H,5H2,1-4H3/b15-10+. The van der Waals surface area contributed by atoms with Crippen molar-refractivity contribution < 1.29 is 9.59 Å². The molecule has 0 radical (unpaired) electrons. The largest absolute Gasteiger partial charge is 0.303 e. The molecule has 5 nitrogen and oxygen atoms in total.